The first-order chi connectivity index (χ1) is 15.9. The lowest BCUT2D eigenvalue weighted by atomic mass is 10.0. The summed E-state index contributed by atoms with van der Waals surface area (Å²) in [7, 11) is 0. The van der Waals surface area contributed by atoms with Gasteiger partial charge in [-0.15, -0.1) is 0 Å². The van der Waals surface area contributed by atoms with Gasteiger partial charge in [0, 0.05) is 23.6 Å². The number of phenolic OH excluding ortho intramolecular Hbond substituents is 2. The summed E-state index contributed by atoms with van der Waals surface area (Å²) in [5.74, 6) is 0.667. The highest BCUT2D eigenvalue weighted by Gasteiger charge is 2.23. The van der Waals surface area contributed by atoms with E-state index in [1.165, 1.54) is 11.1 Å². The van der Waals surface area contributed by atoms with Gasteiger partial charge in [0.1, 0.15) is 11.5 Å². The van der Waals surface area contributed by atoms with Crippen LogP contribution >= 0.6 is 0 Å². The number of aliphatic imine (C=N–C) groups is 2. The van der Waals surface area contributed by atoms with E-state index in [-0.39, 0.29) is 12.1 Å². The predicted octanol–water partition coefficient (Wildman–Crippen LogP) is 6.86. The van der Waals surface area contributed by atoms with E-state index in [9.17, 15) is 10.2 Å². The highest BCUT2D eigenvalue weighted by molar-refractivity contribution is 5.85. The molecule has 1 fully saturated rings. The Morgan fingerprint density at radius 3 is 1.58 bits per heavy atom. The van der Waals surface area contributed by atoms with E-state index in [0.717, 1.165) is 80.0 Å². The van der Waals surface area contributed by atoms with Gasteiger partial charge in [0.2, 0.25) is 0 Å². The standard InChI is InChI=1S/C29H40N2O2/c1-5-7-9-22-13-20(3)28(32)24(15-22)18-30-26-11-12-27(17-26)31-19-25-16-23(10-8-6-2)14-21(4)29(25)33/h13-16,18-19,26-27,32-33H,5-12,17H2,1-4H3. The minimum absolute atomic E-state index is 0.220. The molecule has 2 atom stereocenters. The van der Waals surface area contributed by atoms with Crippen LogP contribution < -0.4 is 0 Å². The largest absolute Gasteiger partial charge is 0.507 e. The first-order valence-corrected chi connectivity index (χ1v) is 12.6. The molecule has 0 amide bonds. The second kappa shape index (κ2) is 12.0. The van der Waals surface area contributed by atoms with E-state index in [4.69, 9.17) is 9.98 Å². The maximum atomic E-state index is 10.5. The maximum Gasteiger partial charge on any atom is 0.127 e. The minimum atomic E-state index is 0.220. The van der Waals surface area contributed by atoms with Crippen LogP contribution in [0.1, 0.15) is 92.2 Å². The Kier molecular flexibility index (Phi) is 9.11. The van der Waals surface area contributed by atoms with Crippen LogP contribution in [-0.2, 0) is 12.8 Å². The van der Waals surface area contributed by atoms with Crippen molar-refractivity contribution < 1.29 is 10.2 Å². The van der Waals surface area contributed by atoms with E-state index in [0.29, 0.717) is 11.5 Å². The van der Waals surface area contributed by atoms with Crippen molar-refractivity contribution >= 4 is 12.4 Å². The van der Waals surface area contributed by atoms with Crippen LogP contribution in [0.25, 0.3) is 0 Å². The number of aromatic hydroxyl groups is 2. The van der Waals surface area contributed by atoms with Crippen molar-refractivity contribution in [1.82, 2.24) is 0 Å². The molecule has 0 saturated heterocycles. The lowest BCUT2D eigenvalue weighted by Gasteiger charge is -2.09. The zero-order chi connectivity index (χ0) is 23.8. The monoisotopic (exact) mass is 448 g/mol. The van der Waals surface area contributed by atoms with Crippen LogP contribution in [0.3, 0.4) is 0 Å². The van der Waals surface area contributed by atoms with Crippen LogP contribution in [-0.4, -0.2) is 34.7 Å². The number of phenols is 2. The minimum Gasteiger partial charge on any atom is -0.507 e. The van der Waals surface area contributed by atoms with E-state index in [1.807, 2.05) is 26.3 Å². The molecular weight excluding hydrogens is 408 g/mol. The fraction of sp³-hybridized carbons (Fsp3) is 0.517. The zero-order valence-corrected chi connectivity index (χ0v) is 20.8. The molecule has 0 spiro atoms. The molecule has 1 aliphatic carbocycles. The first kappa shape index (κ1) is 25.0. The summed E-state index contributed by atoms with van der Waals surface area (Å²) in [6.07, 6.45) is 13.3. The number of hydrogen-bond acceptors (Lipinski definition) is 4. The highest BCUT2D eigenvalue weighted by atomic mass is 16.3. The van der Waals surface area contributed by atoms with Gasteiger partial charge in [-0.2, -0.15) is 0 Å². The lowest BCUT2D eigenvalue weighted by molar-refractivity contribution is 0.469. The molecule has 1 aliphatic rings. The summed E-state index contributed by atoms with van der Waals surface area (Å²) in [5.41, 5.74) is 5.98. The Balaban J connectivity index is 1.64. The fourth-order valence-corrected chi connectivity index (χ4v) is 4.59. The number of aryl methyl sites for hydroxylation is 4. The Bertz CT molecular complexity index is 914. The van der Waals surface area contributed by atoms with E-state index >= 15 is 0 Å². The average Bonchev–Trinajstić information content (AvgIpc) is 3.26. The van der Waals surface area contributed by atoms with Gasteiger partial charge in [-0.1, -0.05) is 38.8 Å². The van der Waals surface area contributed by atoms with Crippen LogP contribution in [0.2, 0.25) is 0 Å². The van der Waals surface area contributed by atoms with Crippen LogP contribution in [0.5, 0.6) is 11.5 Å². The Morgan fingerprint density at radius 1 is 0.758 bits per heavy atom. The van der Waals surface area contributed by atoms with Gasteiger partial charge in [0.05, 0.1) is 12.1 Å². The average molecular weight is 449 g/mol. The van der Waals surface area contributed by atoms with Crippen LogP contribution in [0.4, 0.5) is 0 Å². The summed E-state index contributed by atoms with van der Waals surface area (Å²) in [5, 5.41) is 20.9. The van der Waals surface area contributed by atoms with Crippen LogP contribution in [0.15, 0.2) is 34.3 Å². The highest BCUT2D eigenvalue weighted by Crippen LogP contribution is 2.28. The Labute approximate surface area is 199 Å². The Hall–Kier alpha value is -2.62. The molecule has 178 valence electrons. The molecular formula is C29H40N2O2. The van der Waals surface area contributed by atoms with Gasteiger partial charge in [-0.3, -0.25) is 9.98 Å². The van der Waals surface area contributed by atoms with Crippen molar-refractivity contribution in [3.05, 3.63) is 57.6 Å². The van der Waals surface area contributed by atoms with E-state index in [2.05, 4.69) is 38.1 Å². The molecule has 3 rings (SSSR count). The maximum absolute atomic E-state index is 10.5. The smallest absolute Gasteiger partial charge is 0.127 e. The SMILES string of the molecule is CCCCc1cc(C)c(O)c(C=NC2CCC(N=Cc3cc(CCCC)cc(C)c3O)C2)c1. The van der Waals surface area contributed by atoms with Crippen molar-refractivity contribution in [1.29, 1.82) is 0 Å². The Morgan fingerprint density at radius 2 is 1.18 bits per heavy atom. The number of hydrogen-bond donors (Lipinski definition) is 2. The first-order valence-electron chi connectivity index (χ1n) is 12.6. The van der Waals surface area contributed by atoms with Gasteiger partial charge >= 0.3 is 0 Å². The summed E-state index contributed by atoms with van der Waals surface area (Å²) < 4.78 is 0. The molecule has 4 nitrogen and oxygen atoms in total. The van der Waals surface area contributed by atoms with Crippen molar-refractivity contribution in [2.75, 3.05) is 0 Å². The molecule has 4 heteroatoms. The second-order valence-electron chi connectivity index (χ2n) is 9.59. The number of rotatable bonds is 10. The van der Waals surface area contributed by atoms with Crippen molar-refractivity contribution in [2.45, 2.75) is 97.6 Å². The molecule has 0 aromatic heterocycles. The predicted molar refractivity (Wildman–Crippen MR) is 140 cm³/mol. The van der Waals surface area contributed by atoms with Gasteiger partial charge < -0.3 is 10.2 Å². The summed E-state index contributed by atoms with van der Waals surface area (Å²) >= 11 is 0. The molecule has 0 bridgehead atoms. The van der Waals surface area contributed by atoms with Crippen molar-refractivity contribution in [3.63, 3.8) is 0 Å². The third-order valence-electron chi connectivity index (χ3n) is 6.64. The second-order valence-corrected chi connectivity index (χ2v) is 9.59. The van der Waals surface area contributed by atoms with E-state index < -0.39 is 0 Å². The van der Waals surface area contributed by atoms with Crippen LogP contribution in [0, 0.1) is 13.8 Å². The van der Waals surface area contributed by atoms with Gasteiger partial charge in [0.15, 0.2) is 0 Å². The van der Waals surface area contributed by atoms with Gasteiger partial charge in [0.25, 0.3) is 0 Å². The summed E-state index contributed by atoms with van der Waals surface area (Å²) in [6.45, 7) is 8.30. The molecule has 2 aromatic rings. The topological polar surface area (TPSA) is 65.2 Å². The molecule has 2 aromatic carbocycles. The van der Waals surface area contributed by atoms with E-state index in [1.54, 1.807) is 0 Å². The fourth-order valence-electron chi connectivity index (χ4n) is 4.59. The third-order valence-corrected chi connectivity index (χ3v) is 6.64. The molecule has 0 aliphatic heterocycles. The number of unbranched alkanes of at least 4 members (excludes halogenated alkanes) is 2. The molecule has 1 saturated carbocycles. The molecule has 0 radical (unpaired) electrons. The molecule has 2 unspecified atom stereocenters. The number of nitrogens with zero attached hydrogens (tertiary/aromatic N) is 2. The summed E-state index contributed by atoms with van der Waals surface area (Å²) in [4.78, 5) is 9.59. The third kappa shape index (κ3) is 6.93. The molecule has 0 heterocycles. The quantitative estimate of drug-likeness (QED) is 0.390. The van der Waals surface area contributed by atoms with Crippen molar-refractivity contribution in [3.8, 4) is 11.5 Å². The zero-order valence-electron chi connectivity index (χ0n) is 20.8. The molecule has 33 heavy (non-hydrogen) atoms. The molecule has 2 N–H and O–H groups in total. The van der Waals surface area contributed by atoms with Gasteiger partial charge in [-0.05, 0) is 93.2 Å². The lowest BCUT2D eigenvalue weighted by Crippen LogP contribution is -2.03. The normalized spacial score (nSPS) is 18.7. The number of benzene rings is 2. The van der Waals surface area contributed by atoms with Gasteiger partial charge in [-0.25, -0.2) is 0 Å². The summed E-state index contributed by atoms with van der Waals surface area (Å²) in [6, 6.07) is 8.74. The van der Waals surface area contributed by atoms with Crippen molar-refractivity contribution in [2.24, 2.45) is 9.98 Å².